The molecule has 2 nitrogen and oxygen atoms in total. The number of aliphatic carboxylic acids is 1. The summed E-state index contributed by atoms with van der Waals surface area (Å²) < 4.78 is 0. The zero-order valence-corrected chi connectivity index (χ0v) is 12.1. The highest BCUT2D eigenvalue weighted by Gasteiger charge is 2.20. The summed E-state index contributed by atoms with van der Waals surface area (Å²) in [6.07, 6.45) is 1.40. The van der Waals surface area contributed by atoms with Crippen molar-refractivity contribution in [2.24, 2.45) is 0 Å². The molecule has 1 unspecified atom stereocenters. The highest BCUT2D eigenvalue weighted by Crippen LogP contribution is 2.23. The molecular formula is C17H17ClO2. The molecule has 0 aliphatic rings. The van der Waals surface area contributed by atoms with Crippen LogP contribution in [0.25, 0.3) is 0 Å². The lowest BCUT2D eigenvalue weighted by Crippen LogP contribution is -2.14. The van der Waals surface area contributed by atoms with E-state index in [-0.39, 0.29) is 0 Å². The molecule has 0 aliphatic carbocycles. The van der Waals surface area contributed by atoms with E-state index < -0.39 is 11.9 Å². The van der Waals surface area contributed by atoms with Gasteiger partial charge in [-0.25, -0.2) is 0 Å². The molecule has 0 fully saturated rings. The summed E-state index contributed by atoms with van der Waals surface area (Å²) in [5, 5.41) is 10.1. The van der Waals surface area contributed by atoms with Crippen LogP contribution in [0.3, 0.4) is 0 Å². The third-order valence-corrected chi connectivity index (χ3v) is 3.65. The lowest BCUT2D eigenvalue weighted by atomic mass is 9.91. The third-order valence-electron chi connectivity index (χ3n) is 3.42. The minimum Gasteiger partial charge on any atom is -0.481 e. The van der Waals surface area contributed by atoms with Crippen molar-refractivity contribution < 1.29 is 9.90 Å². The SMILES string of the molecule is CCc1ccc(C(Cc2cccc(Cl)c2)C(=O)O)cc1. The number of benzene rings is 2. The van der Waals surface area contributed by atoms with Gasteiger partial charge in [-0.1, -0.05) is 54.9 Å². The Labute approximate surface area is 124 Å². The first-order valence-corrected chi connectivity index (χ1v) is 7.04. The Morgan fingerprint density at radius 2 is 1.85 bits per heavy atom. The van der Waals surface area contributed by atoms with Gasteiger partial charge in [0.05, 0.1) is 5.92 Å². The fraction of sp³-hybridized carbons (Fsp3) is 0.235. The predicted octanol–water partition coefficient (Wildman–Crippen LogP) is 4.31. The lowest BCUT2D eigenvalue weighted by molar-refractivity contribution is -0.138. The highest BCUT2D eigenvalue weighted by molar-refractivity contribution is 6.30. The second-order valence-corrected chi connectivity index (χ2v) is 5.26. The Morgan fingerprint density at radius 1 is 1.15 bits per heavy atom. The number of aryl methyl sites for hydroxylation is 1. The molecule has 0 amide bonds. The van der Waals surface area contributed by atoms with Crippen LogP contribution >= 0.6 is 11.6 Å². The standard InChI is InChI=1S/C17H17ClO2/c1-2-12-6-8-14(9-7-12)16(17(19)20)11-13-4-3-5-15(18)10-13/h3-10,16H,2,11H2,1H3,(H,19,20). The van der Waals surface area contributed by atoms with Gasteiger partial charge < -0.3 is 5.11 Å². The molecule has 0 bridgehead atoms. The van der Waals surface area contributed by atoms with Gasteiger partial charge in [0.15, 0.2) is 0 Å². The number of carbonyl (C=O) groups is 1. The van der Waals surface area contributed by atoms with Crippen LogP contribution in [0.2, 0.25) is 5.02 Å². The average Bonchev–Trinajstić information content (AvgIpc) is 2.45. The lowest BCUT2D eigenvalue weighted by Gasteiger charge is -2.13. The van der Waals surface area contributed by atoms with Crippen molar-refractivity contribution in [2.75, 3.05) is 0 Å². The predicted molar refractivity (Wildman–Crippen MR) is 81.4 cm³/mol. The van der Waals surface area contributed by atoms with Gasteiger partial charge in [0.1, 0.15) is 0 Å². The zero-order valence-electron chi connectivity index (χ0n) is 11.3. The van der Waals surface area contributed by atoms with Gasteiger partial charge in [0.25, 0.3) is 0 Å². The first-order chi connectivity index (χ1) is 9.60. The van der Waals surface area contributed by atoms with Gasteiger partial charge in [-0.15, -0.1) is 0 Å². The van der Waals surface area contributed by atoms with Crippen molar-refractivity contribution in [2.45, 2.75) is 25.7 Å². The van der Waals surface area contributed by atoms with Gasteiger partial charge >= 0.3 is 5.97 Å². The Balaban J connectivity index is 2.24. The van der Waals surface area contributed by atoms with E-state index in [4.69, 9.17) is 11.6 Å². The maximum absolute atomic E-state index is 11.5. The van der Waals surface area contributed by atoms with E-state index in [0.29, 0.717) is 11.4 Å². The molecule has 104 valence electrons. The van der Waals surface area contributed by atoms with Gasteiger partial charge in [0.2, 0.25) is 0 Å². The number of rotatable bonds is 5. The van der Waals surface area contributed by atoms with Crippen LogP contribution in [0.5, 0.6) is 0 Å². The van der Waals surface area contributed by atoms with E-state index >= 15 is 0 Å². The Hall–Kier alpha value is -1.80. The maximum atomic E-state index is 11.5. The van der Waals surface area contributed by atoms with Crippen LogP contribution in [-0.4, -0.2) is 11.1 Å². The van der Waals surface area contributed by atoms with Crippen LogP contribution in [0.4, 0.5) is 0 Å². The van der Waals surface area contributed by atoms with Crippen molar-refractivity contribution in [1.82, 2.24) is 0 Å². The van der Waals surface area contributed by atoms with E-state index in [1.54, 1.807) is 6.07 Å². The number of carboxylic acid groups (broad SMARTS) is 1. The van der Waals surface area contributed by atoms with E-state index in [9.17, 15) is 9.90 Å². The molecular weight excluding hydrogens is 272 g/mol. The Bertz CT molecular complexity index is 590. The molecule has 0 saturated carbocycles. The monoisotopic (exact) mass is 288 g/mol. The molecule has 0 spiro atoms. The van der Waals surface area contributed by atoms with Gasteiger partial charge in [-0.05, 0) is 41.7 Å². The van der Waals surface area contributed by atoms with Crippen molar-refractivity contribution in [3.63, 3.8) is 0 Å². The largest absolute Gasteiger partial charge is 0.481 e. The van der Waals surface area contributed by atoms with E-state index in [1.165, 1.54) is 5.56 Å². The minimum absolute atomic E-state index is 0.446. The van der Waals surface area contributed by atoms with E-state index in [0.717, 1.165) is 17.5 Å². The fourth-order valence-corrected chi connectivity index (χ4v) is 2.45. The van der Waals surface area contributed by atoms with Crippen molar-refractivity contribution in [3.05, 3.63) is 70.2 Å². The van der Waals surface area contributed by atoms with Crippen LogP contribution in [0.1, 0.15) is 29.5 Å². The number of hydrogen-bond acceptors (Lipinski definition) is 1. The van der Waals surface area contributed by atoms with Gasteiger partial charge in [-0.3, -0.25) is 4.79 Å². The van der Waals surface area contributed by atoms with E-state index in [1.807, 2.05) is 42.5 Å². The number of hydrogen-bond donors (Lipinski definition) is 1. The highest BCUT2D eigenvalue weighted by atomic mass is 35.5. The van der Waals surface area contributed by atoms with Crippen LogP contribution in [0, 0.1) is 0 Å². The van der Waals surface area contributed by atoms with Gasteiger partial charge in [-0.2, -0.15) is 0 Å². The summed E-state index contributed by atoms with van der Waals surface area (Å²) in [6, 6.07) is 15.1. The molecule has 0 aromatic heterocycles. The molecule has 0 radical (unpaired) electrons. The fourth-order valence-electron chi connectivity index (χ4n) is 2.23. The topological polar surface area (TPSA) is 37.3 Å². The van der Waals surface area contributed by atoms with Crippen molar-refractivity contribution in [3.8, 4) is 0 Å². The quantitative estimate of drug-likeness (QED) is 0.890. The molecule has 0 heterocycles. The molecule has 2 rings (SSSR count). The summed E-state index contributed by atoms with van der Waals surface area (Å²) in [6.45, 7) is 2.08. The summed E-state index contributed by atoms with van der Waals surface area (Å²) in [5.74, 6) is -1.35. The normalized spacial score (nSPS) is 12.1. The van der Waals surface area contributed by atoms with Crippen LogP contribution in [0.15, 0.2) is 48.5 Å². The van der Waals surface area contributed by atoms with Crippen molar-refractivity contribution >= 4 is 17.6 Å². The molecule has 2 aromatic rings. The van der Waals surface area contributed by atoms with Crippen molar-refractivity contribution in [1.29, 1.82) is 0 Å². The Morgan fingerprint density at radius 3 is 2.40 bits per heavy atom. The maximum Gasteiger partial charge on any atom is 0.311 e. The summed E-state index contributed by atoms with van der Waals surface area (Å²) in [7, 11) is 0. The summed E-state index contributed by atoms with van der Waals surface area (Å²) >= 11 is 5.95. The van der Waals surface area contributed by atoms with Crippen LogP contribution < -0.4 is 0 Å². The first-order valence-electron chi connectivity index (χ1n) is 6.66. The second kappa shape index (κ2) is 6.58. The number of halogens is 1. The minimum atomic E-state index is -0.811. The van der Waals surface area contributed by atoms with Crippen LogP contribution in [-0.2, 0) is 17.6 Å². The Kier molecular flexibility index (Phi) is 4.80. The first kappa shape index (κ1) is 14.6. The molecule has 3 heteroatoms. The number of carboxylic acids is 1. The molecule has 0 saturated heterocycles. The average molecular weight is 289 g/mol. The smallest absolute Gasteiger partial charge is 0.311 e. The molecule has 0 aliphatic heterocycles. The summed E-state index contributed by atoms with van der Waals surface area (Å²) in [5.41, 5.74) is 2.97. The molecule has 20 heavy (non-hydrogen) atoms. The summed E-state index contributed by atoms with van der Waals surface area (Å²) in [4.78, 5) is 11.5. The molecule has 1 N–H and O–H groups in total. The second-order valence-electron chi connectivity index (χ2n) is 4.82. The van der Waals surface area contributed by atoms with Gasteiger partial charge in [0, 0.05) is 5.02 Å². The zero-order chi connectivity index (χ0) is 14.5. The molecule has 1 atom stereocenters. The van der Waals surface area contributed by atoms with E-state index in [2.05, 4.69) is 6.92 Å². The third kappa shape index (κ3) is 3.61. The molecule has 2 aromatic carbocycles.